The third kappa shape index (κ3) is 7.18. The molecule has 0 saturated heterocycles. The minimum atomic E-state index is 0.176. The highest BCUT2D eigenvalue weighted by molar-refractivity contribution is 7.16. The highest BCUT2D eigenvalue weighted by Crippen LogP contribution is 2.48. The van der Waals surface area contributed by atoms with Crippen LogP contribution in [0.1, 0.15) is 101 Å². The monoisotopic (exact) mass is 648 g/mol. The number of unbranched alkanes of at least 4 members (excludes halogenated alkanes) is 2. The Morgan fingerprint density at radius 3 is 2.26 bits per heavy atom. The van der Waals surface area contributed by atoms with E-state index in [1.54, 1.807) is 0 Å². The lowest BCUT2D eigenvalue weighted by Crippen LogP contribution is -2.16. The van der Waals surface area contributed by atoms with Crippen LogP contribution in [0.5, 0.6) is 17.2 Å². The van der Waals surface area contributed by atoms with Gasteiger partial charge >= 0.3 is 0 Å². The lowest BCUT2D eigenvalue weighted by Gasteiger charge is -2.23. The highest BCUT2D eigenvalue weighted by atomic mass is 32.1. The summed E-state index contributed by atoms with van der Waals surface area (Å²) in [7, 11) is 0. The maximum Gasteiger partial charge on any atom is 0.141 e. The van der Waals surface area contributed by atoms with Gasteiger partial charge in [-0.25, -0.2) is 0 Å². The number of aryl methyl sites for hydroxylation is 2. The zero-order chi connectivity index (χ0) is 32.9. The van der Waals surface area contributed by atoms with Gasteiger partial charge in [0.05, 0.1) is 23.7 Å². The van der Waals surface area contributed by atoms with Crippen molar-refractivity contribution in [3.8, 4) is 38.8 Å². The van der Waals surface area contributed by atoms with Crippen LogP contribution in [-0.2, 0) is 6.42 Å². The van der Waals surface area contributed by atoms with Gasteiger partial charge in [-0.2, -0.15) is 0 Å². The molecule has 0 amide bonds. The first-order valence-corrected chi connectivity index (χ1v) is 19.0. The molecule has 0 bridgehead atoms. The Morgan fingerprint density at radius 1 is 0.766 bits per heavy atom. The lowest BCUT2D eigenvalue weighted by atomic mass is 9.91. The van der Waals surface area contributed by atoms with Gasteiger partial charge in [0.1, 0.15) is 17.2 Å². The summed E-state index contributed by atoms with van der Waals surface area (Å²) in [6, 6.07) is 22.7. The minimum Gasteiger partial charge on any atom is -0.492 e. The highest BCUT2D eigenvalue weighted by Gasteiger charge is 2.23. The van der Waals surface area contributed by atoms with Gasteiger partial charge in [0, 0.05) is 16.0 Å². The number of hydrogen-bond donors (Lipinski definition) is 0. The molecule has 2 heterocycles. The van der Waals surface area contributed by atoms with Crippen LogP contribution in [-0.4, -0.2) is 18.8 Å². The third-order valence-electron chi connectivity index (χ3n) is 9.84. The van der Waals surface area contributed by atoms with Crippen molar-refractivity contribution in [3.63, 3.8) is 0 Å². The van der Waals surface area contributed by atoms with Crippen LogP contribution in [0, 0.1) is 13.8 Å². The van der Waals surface area contributed by atoms with E-state index in [1.165, 1.54) is 79.2 Å². The molecule has 5 aromatic rings. The maximum absolute atomic E-state index is 6.96. The van der Waals surface area contributed by atoms with E-state index in [2.05, 4.69) is 102 Å². The van der Waals surface area contributed by atoms with E-state index in [9.17, 15) is 0 Å². The topological polar surface area (TPSA) is 27.7 Å². The van der Waals surface area contributed by atoms with Crippen molar-refractivity contribution in [2.75, 3.05) is 6.61 Å². The van der Waals surface area contributed by atoms with Crippen molar-refractivity contribution in [1.82, 2.24) is 0 Å². The second-order valence-electron chi connectivity index (χ2n) is 13.4. The van der Waals surface area contributed by atoms with Crippen molar-refractivity contribution in [2.45, 2.75) is 118 Å². The Kier molecular flexibility index (Phi) is 10.8. The molecule has 4 heteroatoms. The molecule has 1 aliphatic heterocycles. The number of rotatable bonds is 14. The first-order valence-electron chi connectivity index (χ1n) is 18.1. The second kappa shape index (κ2) is 15.2. The van der Waals surface area contributed by atoms with E-state index in [0.29, 0.717) is 0 Å². The molecule has 0 saturated carbocycles. The van der Waals surface area contributed by atoms with Crippen LogP contribution < -0.4 is 14.2 Å². The van der Waals surface area contributed by atoms with E-state index >= 15 is 0 Å². The van der Waals surface area contributed by atoms with Crippen molar-refractivity contribution in [3.05, 3.63) is 76.7 Å². The fourth-order valence-corrected chi connectivity index (χ4v) is 8.25. The Bertz CT molecular complexity index is 1830. The van der Waals surface area contributed by atoms with Crippen LogP contribution in [0.4, 0.5) is 0 Å². The Morgan fingerprint density at radius 2 is 1.51 bits per heavy atom. The van der Waals surface area contributed by atoms with Crippen LogP contribution in [0.3, 0.4) is 0 Å². The molecule has 0 N–H and O–H groups in total. The summed E-state index contributed by atoms with van der Waals surface area (Å²) in [5, 5.41) is 4.85. The number of fused-ring (bicyclic) bond motifs is 3. The molecule has 1 aliphatic rings. The summed E-state index contributed by atoms with van der Waals surface area (Å²) in [6.45, 7) is 14.2. The first-order chi connectivity index (χ1) is 22.9. The molecule has 2 atom stereocenters. The predicted molar refractivity (Wildman–Crippen MR) is 202 cm³/mol. The van der Waals surface area contributed by atoms with Gasteiger partial charge in [-0.15, -0.1) is 11.3 Å². The van der Waals surface area contributed by atoms with Crippen molar-refractivity contribution >= 4 is 32.9 Å². The molecule has 0 spiro atoms. The zero-order valence-corrected chi connectivity index (χ0v) is 30.2. The second-order valence-corrected chi connectivity index (χ2v) is 14.6. The number of thiophene rings is 1. The normalized spacial score (nSPS) is 14.2. The average Bonchev–Trinajstić information content (AvgIpc) is 3.43. The van der Waals surface area contributed by atoms with Gasteiger partial charge in [-0.05, 0) is 109 Å². The summed E-state index contributed by atoms with van der Waals surface area (Å²) < 4.78 is 20.0. The standard InChI is InChI=1S/C43H52O3S/c1-7-11-14-33(9-3)45-35-26-32-24-28(5)17-20-37(32)39(27-35)41-38-21-18-31(43-42-36(29(6)47-43)16-13-23-44-42)25-30(38)19-22-40(41)46-34(10-4)15-12-8-2/h17-22,24-27,33-34H,7-16,23H2,1-6H3. The van der Waals surface area contributed by atoms with E-state index < -0.39 is 0 Å². The molecule has 0 fully saturated rings. The molecule has 47 heavy (non-hydrogen) atoms. The Hall–Kier alpha value is -3.50. The van der Waals surface area contributed by atoms with Crippen LogP contribution in [0.2, 0.25) is 0 Å². The first kappa shape index (κ1) is 33.4. The molecular formula is C43H52O3S. The van der Waals surface area contributed by atoms with E-state index in [-0.39, 0.29) is 12.2 Å². The van der Waals surface area contributed by atoms with Crippen LogP contribution >= 0.6 is 11.3 Å². The molecule has 3 nitrogen and oxygen atoms in total. The van der Waals surface area contributed by atoms with Crippen molar-refractivity contribution in [1.29, 1.82) is 0 Å². The average molecular weight is 649 g/mol. The fourth-order valence-electron chi connectivity index (χ4n) is 7.11. The van der Waals surface area contributed by atoms with E-state index in [1.807, 2.05) is 11.3 Å². The quantitative estimate of drug-likeness (QED) is 0.120. The Balaban J connectivity index is 1.54. The summed E-state index contributed by atoms with van der Waals surface area (Å²) in [5.41, 5.74) is 6.20. The van der Waals surface area contributed by atoms with Crippen LogP contribution in [0.25, 0.3) is 43.1 Å². The van der Waals surface area contributed by atoms with Gasteiger partial charge in [0.2, 0.25) is 0 Å². The molecular weight excluding hydrogens is 597 g/mol. The molecule has 1 aromatic heterocycles. The zero-order valence-electron chi connectivity index (χ0n) is 29.3. The van der Waals surface area contributed by atoms with E-state index in [0.717, 1.165) is 67.9 Å². The summed E-state index contributed by atoms with van der Waals surface area (Å²) >= 11 is 1.87. The molecule has 2 unspecified atom stereocenters. The number of ether oxygens (including phenoxy) is 3. The van der Waals surface area contributed by atoms with E-state index in [4.69, 9.17) is 14.2 Å². The number of benzene rings is 4. The maximum atomic E-state index is 6.96. The Labute approximate surface area is 286 Å². The predicted octanol–water partition coefficient (Wildman–Crippen LogP) is 13.0. The largest absolute Gasteiger partial charge is 0.492 e. The van der Waals surface area contributed by atoms with Crippen LogP contribution in [0.15, 0.2) is 60.7 Å². The summed E-state index contributed by atoms with van der Waals surface area (Å²) in [6.07, 6.45) is 11.4. The molecule has 4 aromatic carbocycles. The van der Waals surface area contributed by atoms with Crippen molar-refractivity contribution < 1.29 is 14.2 Å². The third-order valence-corrected chi connectivity index (χ3v) is 11.0. The number of hydrogen-bond acceptors (Lipinski definition) is 4. The fraction of sp³-hybridized carbons (Fsp3) is 0.442. The van der Waals surface area contributed by atoms with Gasteiger partial charge in [-0.3, -0.25) is 0 Å². The molecule has 0 aliphatic carbocycles. The van der Waals surface area contributed by atoms with Gasteiger partial charge in [0.25, 0.3) is 0 Å². The van der Waals surface area contributed by atoms with Gasteiger partial charge in [-0.1, -0.05) is 95.3 Å². The SMILES string of the molecule is CCCCC(CC)Oc1cc(-c2c(OC(CC)CCCC)ccc3cc(-c4sc(C)c5c4OCCC5)ccc23)c2ccc(C)cc2c1. The lowest BCUT2D eigenvalue weighted by molar-refractivity contribution is 0.183. The molecule has 0 radical (unpaired) electrons. The molecule has 6 rings (SSSR count). The van der Waals surface area contributed by atoms with Gasteiger partial charge < -0.3 is 14.2 Å². The smallest absolute Gasteiger partial charge is 0.141 e. The summed E-state index contributed by atoms with van der Waals surface area (Å²) in [4.78, 5) is 2.63. The molecule has 248 valence electrons. The van der Waals surface area contributed by atoms with Gasteiger partial charge in [0.15, 0.2) is 0 Å². The summed E-state index contributed by atoms with van der Waals surface area (Å²) in [5.74, 6) is 2.99. The van der Waals surface area contributed by atoms with Crippen molar-refractivity contribution in [2.24, 2.45) is 0 Å². The minimum absolute atomic E-state index is 0.176.